The Bertz CT molecular complexity index is 1710. The quantitative estimate of drug-likeness (QED) is 0.114. The summed E-state index contributed by atoms with van der Waals surface area (Å²) < 4.78 is 12.2. The molecule has 0 saturated heterocycles. The number of non-ortho nitro benzene ring substituents is 1. The first-order valence-corrected chi connectivity index (χ1v) is 14.3. The molecule has 0 fully saturated rings. The van der Waals surface area contributed by atoms with E-state index < -0.39 is 16.5 Å². The van der Waals surface area contributed by atoms with Gasteiger partial charge < -0.3 is 14.8 Å². The lowest BCUT2D eigenvalue weighted by Crippen LogP contribution is -2.33. The third kappa shape index (κ3) is 4.90. The van der Waals surface area contributed by atoms with Gasteiger partial charge in [0.2, 0.25) is 0 Å². The van der Waals surface area contributed by atoms with Gasteiger partial charge in [0.05, 0.1) is 10.5 Å². The Kier molecular flexibility index (Phi) is 7.22. The molecule has 6 rings (SSSR count). The van der Waals surface area contributed by atoms with Crippen molar-refractivity contribution in [3.63, 3.8) is 0 Å². The van der Waals surface area contributed by atoms with Crippen molar-refractivity contribution in [3.8, 4) is 11.5 Å². The van der Waals surface area contributed by atoms with Gasteiger partial charge in [0.1, 0.15) is 11.5 Å². The summed E-state index contributed by atoms with van der Waals surface area (Å²) in [5, 5.41) is 13.7. The Balaban J connectivity index is 1.11. The number of carbonyl (C=O) groups excluding carboxylic acids is 3. The van der Waals surface area contributed by atoms with E-state index in [1.165, 1.54) is 12.1 Å². The number of nitro benzene ring substituents is 1. The number of hydrogen-bond acceptors (Lipinski definition) is 8. The molecule has 42 heavy (non-hydrogen) atoms. The first-order chi connectivity index (χ1) is 20.4. The second-order valence-corrected chi connectivity index (χ2v) is 10.9. The molecule has 0 bridgehead atoms. The number of rotatable bonds is 8. The molecular formula is C32H24N2O7S. The van der Waals surface area contributed by atoms with E-state index >= 15 is 0 Å². The molecule has 210 valence electrons. The summed E-state index contributed by atoms with van der Waals surface area (Å²) in [4.78, 5) is 48.9. The molecule has 2 aliphatic heterocycles. The maximum atomic E-state index is 13.2. The number of nitrogens with zero attached hydrogens (tertiary/aromatic N) is 1. The summed E-state index contributed by atoms with van der Waals surface area (Å²) in [7, 11) is 0. The van der Waals surface area contributed by atoms with E-state index in [9.17, 15) is 24.5 Å². The van der Waals surface area contributed by atoms with Crippen molar-refractivity contribution in [2.24, 2.45) is 0 Å². The third-order valence-corrected chi connectivity index (χ3v) is 8.25. The predicted molar refractivity (Wildman–Crippen MR) is 156 cm³/mol. The molecule has 4 aromatic rings. The fraction of sp³-hybridized carbons (Fsp3) is 0.156. The number of esters is 1. The third-order valence-electron chi connectivity index (χ3n) is 7.24. The molecule has 0 unspecified atom stereocenters. The van der Waals surface area contributed by atoms with E-state index in [1.807, 2.05) is 48.5 Å². The van der Waals surface area contributed by atoms with E-state index in [2.05, 4.69) is 5.32 Å². The molecule has 0 radical (unpaired) electrons. The van der Waals surface area contributed by atoms with Crippen molar-refractivity contribution < 1.29 is 28.8 Å². The molecule has 4 aromatic carbocycles. The van der Waals surface area contributed by atoms with Crippen LogP contribution in [-0.2, 0) is 20.9 Å². The summed E-state index contributed by atoms with van der Waals surface area (Å²) >= 11 is 1.09. The zero-order valence-electron chi connectivity index (χ0n) is 22.2. The second kappa shape index (κ2) is 11.1. The molecule has 2 heterocycles. The maximum absolute atomic E-state index is 13.2. The van der Waals surface area contributed by atoms with Gasteiger partial charge in [-0.2, -0.15) is 0 Å². The standard InChI is InChI=1S/C32H24N2O7S/c35-29(42-19-20-7-5-8-22(17-20)34(38)39)13-6-16-33-30(36)21-14-15-24-23(18-21)31(37)41-32(24)25-9-1-3-11-27(25)40-28-12-4-2-10-26(28)32/h1-5,7-12,14-15,17-18H,6,13,16,19H2,(H,33,36). The van der Waals surface area contributed by atoms with Crippen LogP contribution in [0.2, 0.25) is 0 Å². The molecule has 1 N–H and O–H groups in total. The smallest absolute Gasteiger partial charge is 0.340 e. The van der Waals surface area contributed by atoms with Crippen molar-refractivity contribution in [2.45, 2.75) is 24.2 Å². The van der Waals surface area contributed by atoms with Gasteiger partial charge in [-0.05, 0) is 36.2 Å². The van der Waals surface area contributed by atoms with Crippen LogP contribution in [0.5, 0.6) is 11.5 Å². The average molecular weight is 581 g/mol. The van der Waals surface area contributed by atoms with E-state index in [4.69, 9.17) is 9.47 Å². The number of nitrogens with one attached hydrogen (secondary N) is 1. The lowest BCUT2D eigenvalue weighted by Gasteiger charge is -2.36. The highest BCUT2D eigenvalue weighted by Gasteiger charge is 2.53. The van der Waals surface area contributed by atoms with E-state index in [-0.39, 0.29) is 29.7 Å². The Morgan fingerprint density at radius 1 is 0.881 bits per heavy atom. The number of amides is 1. The fourth-order valence-electron chi connectivity index (χ4n) is 5.30. The summed E-state index contributed by atoms with van der Waals surface area (Å²) in [6.07, 6.45) is 0.663. The van der Waals surface area contributed by atoms with Crippen LogP contribution < -0.4 is 10.1 Å². The lowest BCUT2D eigenvalue weighted by molar-refractivity contribution is -0.384. The van der Waals surface area contributed by atoms with Crippen LogP contribution in [-0.4, -0.2) is 28.5 Å². The maximum Gasteiger partial charge on any atom is 0.340 e. The van der Waals surface area contributed by atoms with Crippen LogP contribution in [0.15, 0.2) is 91.0 Å². The van der Waals surface area contributed by atoms with Crippen LogP contribution in [0.25, 0.3) is 0 Å². The second-order valence-electron chi connectivity index (χ2n) is 9.87. The van der Waals surface area contributed by atoms with Crippen molar-refractivity contribution in [2.75, 3.05) is 6.54 Å². The summed E-state index contributed by atoms with van der Waals surface area (Å²) in [5.74, 6) is 0.627. The van der Waals surface area contributed by atoms with Crippen LogP contribution in [0.3, 0.4) is 0 Å². The number of benzene rings is 4. The molecule has 0 aliphatic carbocycles. The van der Waals surface area contributed by atoms with Crippen LogP contribution in [0.4, 0.5) is 5.69 Å². The van der Waals surface area contributed by atoms with Crippen molar-refractivity contribution in [3.05, 3.63) is 134 Å². The monoisotopic (exact) mass is 580 g/mol. The molecule has 1 spiro atoms. The van der Waals surface area contributed by atoms with Crippen molar-refractivity contribution in [1.29, 1.82) is 0 Å². The fourth-order valence-corrected chi connectivity index (χ4v) is 6.10. The minimum Gasteiger partial charge on any atom is -0.456 e. The number of para-hydroxylation sites is 2. The Hall–Kier alpha value is -4.96. The van der Waals surface area contributed by atoms with Gasteiger partial charge in [-0.1, -0.05) is 66.4 Å². The molecule has 0 saturated carbocycles. The minimum absolute atomic E-state index is 0.0133. The van der Waals surface area contributed by atoms with E-state index in [1.54, 1.807) is 30.3 Å². The highest BCUT2D eigenvalue weighted by Crippen LogP contribution is 2.55. The number of ether oxygens (including phenoxy) is 2. The number of fused-ring (bicyclic) bond motifs is 6. The summed E-state index contributed by atoms with van der Waals surface area (Å²) in [6, 6.07) is 26.0. The Labute approximate surface area is 245 Å². The zero-order valence-corrected chi connectivity index (χ0v) is 23.0. The van der Waals surface area contributed by atoms with E-state index in [0.29, 0.717) is 57.1 Å². The van der Waals surface area contributed by atoms with Crippen LogP contribution >= 0.6 is 11.8 Å². The molecule has 2 aliphatic rings. The van der Waals surface area contributed by atoms with Gasteiger partial charge in [0, 0.05) is 53.1 Å². The average Bonchev–Trinajstić information content (AvgIpc) is 3.30. The Morgan fingerprint density at radius 2 is 1.60 bits per heavy atom. The van der Waals surface area contributed by atoms with Crippen molar-refractivity contribution >= 4 is 34.4 Å². The molecule has 9 nitrogen and oxygen atoms in total. The van der Waals surface area contributed by atoms with Gasteiger partial charge in [-0.25, -0.2) is 4.79 Å². The normalized spacial score (nSPS) is 13.8. The molecule has 0 aromatic heterocycles. The lowest BCUT2D eigenvalue weighted by atomic mass is 9.77. The largest absolute Gasteiger partial charge is 0.456 e. The molecule has 1 amide bonds. The topological polar surface area (TPSA) is 125 Å². The molecule has 10 heteroatoms. The predicted octanol–water partition coefficient (Wildman–Crippen LogP) is 6.13. The number of hydrogen-bond donors (Lipinski definition) is 1. The highest BCUT2D eigenvalue weighted by molar-refractivity contribution is 8.12. The minimum atomic E-state index is -1.18. The van der Waals surface area contributed by atoms with Crippen LogP contribution in [0, 0.1) is 10.1 Å². The van der Waals surface area contributed by atoms with Gasteiger partial charge in [0.15, 0.2) is 10.7 Å². The van der Waals surface area contributed by atoms with Gasteiger partial charge in [0.25, 0.3) is 11.6 Å². The SMILES string of the molecule is O=C(CCCNC(=O)c1ccc2c(c1)C(=O)OC21c2ccccc2Oc2ccccc21)SCc1cccc([N+](=O)[O-])c1. The van der Waals surface area contributed by atoms with Crippen LogP contribution in [0.1, 0.15) is 55.8 Å². The summed E-state index contributed by atoms with van der Waals surface area (Å²) in [6.45, 7) is 0.269. The first-order valence-electron chi connectivity index (χ1n) is 13.3. The van der Waals surface area contributed by atoms with E-state index in [0.717, 1.165) is 11.8 Å². The summed E-state index contributed by atoms with van der Waals surface area (Å²) in [5.41, 5.74) is 2.17. The number of thioether (sulfide) groups is 1. The van der Waals surface area contributed by atoms with Gasteiger partial charge in [-0.3, -0.25) is 19.7 Å². The number of carbonyl (C=O) groups is 3. The van der Waals surface area contributed by atoms with Crippen molar-refractivity contribution in [1.82, 2.24) is 5.32 Å². The highest BCUT2D eigenvalue weighted by atomic mass is 32.2. The Morgan fingerprint density at radius 3 is 2.31 bits per heavy atom. The van der Waals surface area contributed by atoms with Gasteiger partial charge in [-0.15, -0.1) is 0 Å². The van der Waals surface area contributed by atoms with Gasteiger partial charge >= 0.3 is 5.97 Å². The first kappa shape index (κ1) is 27.2. The number of nitro groups is 1. The molecular weight excluding hydrogens is 556 g/mol. The zero-order chi connectivity index (χ0) is 29.3. The molecule has 0 atom stereocenters.